The third-order valence-corrected chi connectivity index (χ3v) is 6.47. The molecular formula is C19H19N5O2S. The second kappa shape index (κ2) is 6.68. The van der Waals surface area contributed by atoms with Gasteiger partial charge in [0.15, 0.2) is 0 Å². The number of fused-ring (bicyclic) bond motifs is 1. The monoisotopic (exact) mass is 381 g/mol. The van der Waals surface area contributed by atoms with E-state index in [4.69, 9.17) is 0 Å². The van der Waals surface area contributed by atoms with Crippen LogP contribution >= 0.6 is 0 Å². The Kier molecular flexibility index (Phi) is 4.34. The number of nitriles is 1. The molecule has 1 aliphatic rings. The molecule has 1 fully saturated rings. The second-order valence-electron chi connectivity index (χ2n) is 6.53. The van der Waals surface area contributed by atoms with E-state index >= 15 is 0 Å². The zero-order valence-electron chi connectivity index (χ0n) is 14.9. The van der Waals surface area contributed by atoms with Gasteiger partial charge in [0.2, 0.25) is 0 Å². The second-order valence-corrected chi connectivity index (χ2v) is 8.32. The standard InChI is InChI=1S/C19H19N5O2S/c1-14-4-5-15(12-20)18(11-14)27(25,26)24-13-17(23-9-7-21-8-10-23)19-16(24)3-2-6-22-19/h2-6,11,13,21H,7-10H2,1H3. The smallest absolute Gasteiger partial charge is 0.269 e. The minimum Gasteiger partial charge on any atom is -0.366 e. The van der Waals surface area contributed by atoms with Crippen LogP contribution in [0.3, 0.4) is 0 Å². The number of hydrogen-bond donors (Lipinski definition) is 1. The van der Waals surface area contributed by atoms with E-state index in [9.17, 15) is 13.7 Å². The number of rotatable bonds is 3. The van der Waals surface area contributed by atoms with Crippen molar-refractivity contribution in [3.63, 3.8) is 0 Å². The van der Waals surface area contributed by atoms with Crippen molar-refractivity contribution in [2.75, 3.05) is 31.1 Å². The zero-order chi connectivity index (χ0) is 19.0. The molecule has 8 heteroatoms. The van der Waals surface area contributed by atoms with Crippen molar-refractivity contribution in [1.82, 2.24) is 14.3 Å². The summed E-state index contributed by atoms with van der Waals surface area (Å²) in [4.78, 5) is 6.58. The number of anilines is 1. The first-order chi connectivity index (χ1) is 13.0. The summed E-state index contributed by atoms with van der Waals surface area (Å²) in [5.41, 5.74) is 2.87. The summed E-state index contributed by atoms with van der Waals surface area (Å²) in [5.74, 6) is 0. The van der Waals surface area contributed by atoms with Gasteiger partial charge < -0.3 is 10.2 Å². The lowest BCUT2D eigenvalue weighted by molar-refractivity contribution is 0.586. The molecule has 0 radical (unpaired) electrons. The lowest BCUT2D eigenvalue weighted by Crippen LogP contribution is -2.43. The predicted octanol–water partition coefficient (Wildman–Crippen LogP) is 1.86. The van der Waals surface area contributed by atoms with Crippen molar-refractivity contribution in [1.29, 1.82) is 5.26 Å². The van der Waals surface area contributed by atoms with E-state index in [0.717, 1.165) is 37.4 Å². The first-order valence-corrected chi connectivity index (χ1v) is 10.1. The largest absolute Gasteiger partial charge is 0.366 e. The fourth-order valence-electron chi connectivity index (χ4n) is 3.39. The van der Waals surface area contributed by atoms with E-state index in [1.165, 1.54) is 3.97 Å². The molecule has 3 heterocycles. The first-order valence-electron chi connectivity index (χ1n) is 8.70. The maximum Gasteiger partial charge on any atom is 0.269 e. The fraction of sp³-hybridized carbons (Fsp3) is 0.263. The average molecular weight is 381 g/mol. The molecule has 0 saturated carbocycles. The molecule has 1 saturated heterocycles. The molecule has 1 N–H and O–H groups in total. The van der Waals surface area contributed by atoms with E-state index in [1.807, 2.05) is 13.0 Å². The lowest BCUT2D eigenvalue weighted by Gasteiger charge is -2.28. The molecule has 0 aliphatic carbocycles. The molecule has 27 heavy (non-hydrogen) atoms. The first kappa shape index (κ1) is 17.5. The van der Waals surface area contributed by atoms with E-state index < -0.39 is 10.0 Å². The van der Waals surface area contributed by atoms with Crippen LogP contribution in [0.5, 0.6) is 0 Å². The molecule has 1 aliphatic heterocycles. The highest BCUT2D eigenvalue weighted by molar-refractivity contribution is 7.90. The van der Waals surface area contributed by atoms with E-state index in [0.29, 0.717) is 11.0 Å². The lowest BCUT2D eigenvalue weighted by atomic mass is 10.2. The molecule has 2 aromatic heterocycles. The molecule has 3 aromatic rings. The minimum atomic E-state index is -3.94. The Hall–Kier alpha value is -2.89. The van der Waals surface area contributed by atoms with Gasteiger partial charge in [0.25, 0.3) is 10.0 Å². The Bertz CT molecular complexity index is 1150. The van der Waals surface area contributed by atoms with Crippen LogP contribution in [-0.2, 0) is 10.0 Å². The van der Waals surface area contributed by atoms with Gasteiger partial charge in [-0.3, -0.25) is 4.98 Å². The fourth-order valence-corrected chi connectivity index (χ4v) is 4.97. The molecule has 0 spiro atoms. The number of pyridine rings is 1. The molecule has 7 nitrogen and oxygen atoms in total. The Morgan fingerprint density at radius 2 is 2.00 bits per heavy atom. The number of piperazine rings is 1. The van der Waals surface area contributed by atoms with Crippen LogP contribution < -0.4 is 10.2 Å². The summed E-state index contributed by atoms with van der Waals surface area (Å²) < 4.78 is 28.1. The van der Waals surface area contributed by atoms with Crippen molar-refractivity contribution in [3.05, 3.63) is 53.9 Å². The number of aromatic nitrogens is 2. The van der Waals surface area contributed by atoms with E-state index in [-0.39, 0.29) is 10.5 Å². The summed E-state index contributed by atoms with van der Waals surface area (Å²) in [6.45, 7) is 5.04. The molecule has 1 aromatic carbocycles. The van der Waals surface area contributed by atoms with Gasteiger partial charge in [-0.25, -0.2) is 12.4 Å². The van der Waals surface area contributed by atoms with Crippen LogP contribution in [0.4, 0.5) is 5.69 Å². The van der Waals surface area contributed by atoms with Gasteiger partial charge in [-0.2, -0.15) is 5.26 Å². The van der Waals surface area contributed by atoms with Crippen LogP contribution in [0.1, 0.15) is 11.1 Å². The Balaban J connectivity index is 1.94. The number of benzene rings is 1. The molecule has 0 bridgehead atoms. The molecular weight excluding hydrogens is 362 g/mol. The van der Waals surface area contributed by atoms with Crippen LogP contribution in [0, 0.1) is 18.3 Å². The van der Waals surface area contributed by atoms with Gasteiger partial charge in [0, 0.05) is 38.6 Å². The Morgan fingerprint density at radius 3 is 2.74 bits per heavy atom. The summed E-state index contributed by atoms with van der Waals surface area (Å²) in [6, 6.07) is 10.3. The maximum atomic E-state index is 13.4. The average Bonchev–Trinajstić information content (AvgIpc) is 3.09. The molecule has 4 rings (SSSR count). The van der Waals surface area contributed by atoms with E-state index in [2.05, 4.69) is 15.2 Å². The van der Waals surface area contributed by atoms with Crippen molar-refractivity contribution >= 4 is 26.7 Å². The third-order valence-electron chi connectivity index (χ3n) is 4.76. The summed E-state index contributed by atoms with van der Waals surface area (Å²) in [7, 11) is -3.94. The Morgan fingerprint density at radius 1 is 1.22 bits per heavy atom. The van der Waals surface area contributed by atoms with Gasteiger partial charge in [0.1, 0.15) is 16.5 Å². The minimum absolute atomic E-state index is 0.0117. The zero-order valence-corrected chi connectivity index (χ0v) is 15.7. The predicted molar refractivity (Wildman–Crippen MR) is 103 cm³/mol. The van der Waals surface area contributed by atoms with E-state index in [1.54, 1.807) is 42.7 Å². The molecule has 0 amide bonds. The number of nitrogens with one attached hydrogen (secondary N) is 1. The van der Waals surface area contributed by atoms with Gasteiger partial charge >= 0.3 is 0 Å². The van der Waals surface area contributed by atoms with Crippen molar-refractivity contribution in [2.45, 2.75) is 11.8 Å². The van der Waals surface area contributed by atoms with Gasteiger partial charge in [-0.1, -0.05) is 6.07 Å². The third kappa shape index (κ3) is 2.95. The Labute approximate surface area is 157 Å². The highest BCUT2D eigenvalue weighted by Gasteiger charge is 2.26. The van der Waals surface area contributed by atoms with Crippen molar-refractivity contribution in [3.8, 4) is 6.07 Å². The summed E-state index contributed by atoms with van der Waals surface area (Å²) in [6.07, 6.45) is 3.29. The number of aryl methyl sites for hydroxylation is 1. The molecule has 0 atom stereocenters. The number of nitrogens with zero attached hydrogens (tertiary/aromatic N) is 4. The molecule has 138 valence electrons. The van der Waals surface area contributed by atoms with Crippen LogP contribution in [0.25, 0.3) is 11.0 Å². The van der Waals surface area contributed by atoms with Gasteiger partial charge in [-0.05, 0) is 36.8 Å². The van der Waals surface area contributed by atoms with Crippen LogP contribution in [0.2, 0.25) is 0 Å². The maximum absolute atomic E-state index is 13.4. The normalized spacial score (nSPS) is 15.0. The topological polar surface area (TPSA) is 91.0 Å². The quantitative estimate of drug-likeness (QED) is 0.745. The number of hydrogen-bond acceptors (Lipinski definition) is 6. The summed E-state index contributed by atoms with van der Waals surface area (Å²) >= 11 is 0. The molecule has 0 unspecified atom stereocenters. The van der Waals surface area contributed by atoms with Crippen LogP contribution in [0.15, 0.2) is 47.6 Å². The van der Waals surface area contributed by atoms with Crippen LogP contribution in [-0.4, -0.2) is 43.6 Å². The van der Waals surface area contributed by atoms with Gasteiger partial charge in [-0.15, -0.1) is 0 Å². The van der Waals surface area contributed by atoms with Gasteiger partial charge in [0.05, 0.1) is 16.8 Å². The highest BCUT2D eigenvalue weighted by atomic mass is 32.2. The van der Waals surface area contributed by atoms with Crippen molar-refractivity contribution < 1.29 is 8.42 Å². The summed E-state index contributed by atoms with van der Waals surface area (Å²) in [5, 5.41) is 12.7. The highest BCUT2D eigenvalue weighted by Crippen LogP contribution is 2.31. The SMILES string of the molecule is Cc1ccc(C#N)c(S(=O)(=O)n2cc(N3CCNCC3)c3ncccc32)c1. The van der Waals surface area contributed by atoms with Crippen molar-refractivity contribution in [2.24, 2.45) is 0 Å².